The zero-order valence-corrected chi connectivity index (χ0v) is 17.5. The number of rotatable bonds is 4. The van der Waals surface area contributed by atoms with Crippen LogP contribution in [-0.4, -0.2) is 65.1 Å². The fourth-order valence-corrected chi connectivity index (χ4v) is 5.03. The second-order valence-electron chi connectivity index (χ2n) is 7.59. The van der Waals surface area contributed by atoms with Crippen LogP contribution >= 0.6 is 11.8 Å². The first-order valence-electron chi connectivity index (χ1n) is 10.1. The number of ether oxygens (including phenoxy) is 1. The Balaban J connectivity index is 1.68. The number of nitrogens with zero attached hydrogens (tertiary/aromatic N) is 4. The average molecular weight is 401 g/mol. The summed E-state index contributed by atoms with van der Waals surface area (Å²) in [7, 11) is 1.47. The smallest absolute Gasteiger partial charge is 0.323 e. The second-order valence-corrected chi connectivity index (χ2v) is 8.81. The molecule has 2 fully saturated rings. The first-order chi connectivity index (χ1) is 13.7. The summed E-state index contributed by atoms with van der Waals surface area (Å²) in [4.78, 5) is 26.6. The van der Waals surface area contributed by atoms with Gasteiger partial charge in [0.15, 0.2) is 0 Å². The fourth-order valence-electron chi connectivity index (χ4n) is 4.12. The van der Waals surface area contributed by atoms with Crippen LogP contribution in [0.3, 0.4) is 0 Å². The molecule has 0 unspecified atom stereocenters. The molecule has 4 rings (SSSR count). The van der Waals surface area contributed by atoms with Gasteiger partial charge in [-0.1, -0.05) is 18.1 Å². The summed E-state index contributed by atoms with van der Waals surface area (Å²) in [5, 5.41) is 1.12. The highest BCUT2D eigenvalue weighted by Gasteiger charge is 2.30. The molecule has 2 aromatic rings. The Morgan fingerprint density at radius 1 is 1.21 bits per heavy atom. The fraction of sp³-hybridized carbons (Fsp3) is 0.571. The minimum absolute atomic E-state index is 0.149. The molecule has 1 aromatic heterocycles. The number of methoxy groups -OCH3 is 1. The van der Waals surface area contributed by atoms with E-state index in [1.165, 1.54) is 12.7 Å². The second kappa shape index (κ2) is 8.66. The number of carbonyl (C=O) groups excluding carboxylic acids is 1. The van der Waals surface area contributed by atoms with Gasteiger partial charge in [-0.05, 0) is 38.4 Å². The third-order valence-electron chi connectivity index (χ3n) is 5.62. The molecule has 0 bridgehead atoms. The topological polar surface area (TPSA) is 58.6 Å². The summed E-state index contributed by atoms with van der Waals surface area (Å²) in [6, 6.07) is 6.19. The van der Waals surface area contributed by atoms with Gasteiger partial charge < -0.3 is 9.64 Å². The molecule has 7 heteroatoms. The van der Waals surface area contributed by atoms with Crippen molar-refractivity contribution in [3.05, 3.63) is 29.6 Å². The van der Waals surface area contributed by atoms with Crippen molar-refractivity contribution >= 4 is 34.5 Å². The van der Waals surface area contributed by atoms with E-state index < -0.39 is 0 Å². The van der Waals surface area contributed by atoms with Gasteiger partial charge in [0, 0.05) is 30.0 Å². The minimum atomic E-state index is -0.189. The van der Waals surface area contributed by atoms with E-state index in [4.69, 9.17) is 14.7 Å². The number of likely N-dealkylation sites (tertiary alicyclic amines) is 1. The lowest BCUT2D eigenvalue weighted by Crippen LogP contribution is -2.45. The van der Waals surface area contributed by atoms with Crippen LogP contribution in [0.15, 0.2) is 18.2 Å². The lowest BCUT2D eigenvalue weighted by atomic mass is 10.0. The third-order valence-corrected chi connectivity index (χ3v) is 6.56. The summed E-state index contributed by atoms with van der Waals surface area (Å²) in [5.41, 5.74) is 2.20. The van der Waals surface area contributed by atoms with Crippen LogP contribution < -0.4 is 4.90 Å². The molecule has 2 aliphatic heterocycles. The number of aromatic nitrogens is 2. The van der Waals surface area contributed by atoms with Crippen molar-refractivity contribution in [2.75, 3.05) is 43.1 Å². The predicted octanol–water partition coefficient (Wildman–Crippen LogP) is 3.02. The van der Waals surface area contributed by atoms with Crippen molar-refractivity contribution in [3.63, 3.8) is 0 Å². The number of piperidine rings is 1. The van der Waals surface area contributed by atoms with Gasteiger partial charge in [-0.2, -0.15) is 11.8 Å². The van der Waals surface area contributed by atoms with E-state index in [0.29, 0.717) is 6.54 Å². The van der Waals surface area contributed by atoms with Gasteiger partial charge in [0.1, 0.15) is 17.7 Å². The number of esters is 1. The normalized spacial score (nSPS) is 21.1. The SMILES string of the molecule is COC(=O)[C@H]1CCCCN1Cc1nc(N2CCSCC2)c2cc(C)ccc2n1. The van der Waals surface area contributed by atoms with Crippen molar-refractivity contribution in [2.45, 2.75) is 38.8 Å². The number of anilines is 1. The molecule has 28 heavy (non-hydrogen) atoms. The number of hydrogen-bond acceptors (Lipinski definition) is 7. The summed E-state index contributed by atoms with van der Waals surface area (Å²) < 4.78 is 5.03. The van der Waals surface area contributed by atoms with Crippen molar-refractivity contribution in [1.82, 2.24) is 14.9 Å². The van der Waals surface area contributed by atoms with E-state index in [9.17, 15) is 4.79 Å². The van der Waals surface area contributed by atoms with Gasteiger partial charge >= 0.3 is 5.97 Å². The number of benzene rings is 1. The van der Waals surface area contributed by atoms with Crippen LogP contribution in [0, 0.1) is 6.92 Å². The van der Waals surface area contributed by atoms with Gasteiger partial charge in [-0.3, -0.25) is 9.69 Å². The molecule has 1 aromatic carbocycles. The number of hydrogen-bond donors (Lipinski definition) is 0. The molecule has 2 aliphatic rings. The maximum atomic E-state index is 12.2. The van der Waals surface area contributed by atoms with Gasteiger partial charge in [0.25, 0.3) is 0 Å². The standard InChI is InChI=1S/C21H28N4O2S/c1-15-6-7-17-16(13-15)20(24-9-11-28-12-10-24)23-19(22-17)14-25-8-4-3-5-18(25)21(26)27-2/h6-7,13,18H,3-5,8-12,14H2,1-2H3/t18-/m1/s1. The lowest BCUT2D eigenvalue weighted by molar-refractivity contribution is -0.148. The molecule has 1 atom stereocenters. The largest absolute Gasteiger partial charge is 0.468 e. The molecular weight excluding hydrogens is 372 g/mol. The van der Waals surface area contributed by atoms with Gasteiger partial charge in [-0.15, -0.1) is 0 Å². The van der Waals surface area contributed by atoms with Gasteiger partial charge in [0.05, 0.1) is 19.2 Å². The first-order valence-corrected chi connectivity index (χ1v) is 11.2. The molecule has 2 saturated heterocycles. The average Bonchev–Trinajstić information content (AvgIpc) is 2.74. The highest BCUT2D eigenvalue weighted by molar-refractivity contribution is 7.99. The predicted molar refractivity (Wildman–Crippen MR) is 114 cm³/mol. The molecular formula is C21H28N4O2S. The summed E-state index contributed by atoms with van der Waals surface area (Å²) in [6.45, 7) is 5.60. The maximum Gasteiger partial charge on any atom is 0.323 e. The number of carbonyl (C=O) groups is 1. The summed E-state index contributed by atoms with van der Waals surface area (Å²) in [6.07, 6.45) is 3.00. The molecule has 0 aliphatic carbocycles. The number of fused-ring (bicyclic) bond motifs is 1. The Morgan fingerprint density at radius 2 is 2.04 bits per heavy atom. The Morgan fingerprint density at radius 3 is 2.82 bits per heavy atom. The van der Waals surface area contributed by atoms with Crippen LogP contribution in [0.1, 0.15) is 30.7 Å². The van der Waals surface area contributed by atoms with E-state index in [1.54, 1.807) is 0 Å². The minimum Gasteiger partial charge on any atom is -0.468 e. The Bertz CT molecular complexity index is 854. The molecule has 0 amide bonds. The molecule has 3 heterocycles. The zero-order valence-electron chi connectivity index (χ0n) is 16.7. The number of aryl methyl sites for hydroxylation is 1. The quantitative estimate of drug-likeness (QED) is 0.731. The van der Waals surface area contributed by atoms with Crippen molar-refractivity contribution in [1.29, 1.82) is 0 Å². The van der Waals surface area contributed by atoms with Crippen molar-refractivity contribution in [2.24, 2.45) is 0 Å². The Labute approximate surface area is 170 Å². The van der Waals surface area contributed by atoms with Gasteiger partial charge in [0.2, 0.25) is 0 Å². The summed E-state index contributed by atoms with van der Waals surface area (Å²) >= 11 is 2.00. The van der Waals surface area contributed by atoms with Crippen LogP contribution in [0.25, 0.3) is 10.9 Å². The monoisotopic (exact) mass is 400 g/mol. The van der Waals surface area contributed by atoms with E-state index in [1.807, 2.05) is 11.8 Å². The molecule has 0 N–H and O–H groups in total. The molecule has 0 spiro atoms. The van der Waals surface area contributed by atoms with Crippen LogP contribution in [0.5, 0.6) is 0 Å². The Kier molecular flexibility index (Phi) is 6.01. The van der Waals surface area contributed by atoms with Crippen molar-refractivity contribution in [3.8, 4) is 0 Å². The van der Waals surface area contributed by atoms with E-state index in [0.717, 1.165) is 72.9 Å². The highest BCUT2D eigenvalue weighted by atomic mass is 32.2. The van der Waals surface area contributed by atoms with E-state index in [-0.39, 0.29) is 12.0 Å². The zero-order chi connectivity index (χ0) is 19.5. The van der Waals surface area contributed by atoms with Crippen LogP contribution in [0.4, 0.5) is 5.82 Å². The first kappa shape index (κ1) is 19.5. The van der Waals surface area contributed by atoms with Gasteiger partial charge in [-0.25, -0.2) is 9.97 Å². The maximum absolute atomic E-state index is 12.2. The highest BCUT2D eigenvalue weighted by Crippen LogP contribution is 2.28. The molecule has 0 saturated carbocycles. The van der Waals surface area contributed by atoms with E-state index >= 15 is 0 Å². The van der Waals surface area contributed by atoms with Crippen LogP contribution in [0.2, 0.25) is 0 Å². The molecule has 0 radical (unpaired) electrons. The van der Waals surface area contributed by atoms with Crippen molar-refractivity contribution < 1.29 is 9.53 Å². The lowest BCUT2D eigenvalue weighted by Gasteiger charge is -2.33. The number of thioether (sulfide) groups is 1. The Hall–Kier alpha value is -1.86. The van der Waals surface area contributed by atoms with E-state index in [2.05, 4.69) is 34.9 Å². The third kappa shape index (κ3) is 4.10. The molecule has 150 valence electrons. The van der Waals surface area contributed by atoms with Crippen LogP contribution in [-0.2, 0) is 16.1 Å². The molecule has 6 nitrogen and oxygen atoms in total. The summed E-state index contributed by atoms with van der Waals surface area (Å²) in [5.74, 6) is 3.94.